The van der Waals surface area contributed by atoms with Crippen molar-refractivity contribution in [3.8, 4) is 0 Å². The molecule has 2 aromatic rings. The number of nitrogens with one attached hydrogen (secondary N) is 1. The second-order valence-corrected chi connectivity index (χ2v) is 7.60. The predicted octanol–water partition coefficient (Wildman–Crippen LogP) is 3.96. The van der Waals surface area contributed by atoms with Crippen LogP contribution in [0.5, 0.6) is 0 Å². The van der Waals surface area contributed by atoms with Crippen molar-refractivity contribution in [3.63, 3.8) is 0 Å². The van der Waals surface area contributed by atoms with E-state index in [0.29, 0.717) is 16.4 Å². The Labute approximate surface area is 134 Å². The minimum Gasteiger partial charge on any atom is -0.263 e. The van der Waals surface area contributed by atoms with E-state index in [1.54, 1.807) is 43.0 Å². The molecule has 21 heavy (non-hydrogen) atoms. The van der Waals surface area contributed by atoms with E-state index < -0.39 is 10.0 Å². The van der Waals surface area contributed by atoms with Crippen molar-refractivity contribution in [1.29, 1.82) is 0 Å². The number of aromatic nitrogens is 1. The summed E-state index contributed by atoms with van der Waals surface area (Å²) in [6, 6.07) is 10.0. The highest BCUT2D eigenvalue weighted by molar-refractivity contribution is 7.99. The van der Waals surface area contributed by atoms with Gasteiger partial charge in [0.25, 0.3) is 10.0 Å². The third kappa shape index (κ3) is 3.90. The summed E-state index contributed by atoms with van der Waals surface area (Å²) in [6.07, 6.45) is 0. The number of hydrogen-bond donors (Lipinski definition) is 1. The van der Waals surface area contributed by atoms with Crippen LogP contribution in [0.25, 0.3) is 0 Å². The average Bonchev–Trinajstić information content (AvgIpc) is 2.42. The Morgan fingerprint density at radius 3 is 2.67 bits per heavy atom. The molecular formula is C14H15ClN2O2S2. The molecular weight excluding hydrogens is 328 g/mol. The first-order chi connectivity index (χ1) is 9.94. The quantitative estimate of drug-likeness (QED) is 0.836. The second kappa shape index (κ2) is 6.68. The van der Waals surface area contributed by atoms with E-state index in [9.17, 15) is 8.42 Å². The summed E-state index contributed by atoms with van der Waals surface area (Å²) in [5.74, 6) is 1.17. The molecule has 0 fully saturated rings. The summed E-state index contributed by atoms with van der Waals surface area (Å²) >= 11 is 7.53. The number of nitrogens with zero attached hydrogens (tertiary/aromatic N) is 1. The van der Waals surface area contributed by atoms with Gasteiger partial charge in [0.2, 0.25) is 0 Å². The fourth-order valence-corrected chi connectivity index (χ4v) is 3.91. The van der Waals surface area contributed by atoms with Gasteiger partial charge < -0.3 is 0 Å². The van der Waals surface area contributed by atoms with Crippen LogP contribution in [0.2, 0.25) is 5.02 Å². The van der Waals surface area contributed by atoms with E-state index in [2.05, 4.69) is 9.71 Å². The molecule has 7 heteroatoms. The molecule has 0 radical (unpaired) electrons. The SMILES string of the molecule is CCSc1cccc(NS(=O)(=O)c2cccc(Cl)c2C)n1. The van der Waals surface area contributed by atoms with Gasteiger partial charge in [-0.05, 0) is 42.5 Å². The third-order valence-electron chi connectivity index (χ3n) is 2.76. The van der Waals surface area contributed by atoms with Crippen LogP contribution in [-0.2, 0) is 10.0 Å². The highest BCUT2D eigenvalue weighted by Gasteiger charge is 2.18. The van der Waals surface area contributed by atoms with E-state index in [0.717, 1.165) is 10.8 Å². The maximum absolute atomic E-state index is 12.4. The third-order valence-corrected chi connectivity index (χ3v) is 5.48. The van der Waals surface area contributed by atoms with Crippen LogP contribution in [0.3, 0.4) is 0 Å². The Hall–Kier alpha value is -1.24. The molecule has 1 N–H and O–H groups in total. The lowest BCUT2D eigenvalue weighted by Crippen LogP contribution is -2.15. The Morgan fingerprint density at radius 1 is 1.24 bits per heavy atom. The van der Waals surface area contributed by atoms with Crippen LogP contribution in [0.1, 0.15) is 12.5 Å². The van der Waals surface area contributed by atoms with Crippen molar-refractivity contribution >= 4 is 39.2 Å². The molecule has 0 spiro atoms. The van der Waals surface area contributed by atoms with Gasteiger partial charge in [-0.2, -0.15) is 0 Å². The normalized spacial score (nSPS) is 11.4. The summed E-state index contributed by atoms with van der Waals surface area (Å²) in [5, 5.41) is 1.20. The number of benzene rings is 1. The molecule has 0 bridgehead atoms. The van der Waals surface area contributed by atoms with Gasteiger partial charge >= 0.3 is 0 Å². The van der Waals surface area contributed by atoms with Crippen LogP contribution in [0, 0.1) is 6.92 Å². The molecule has 4 nitrogen and oxygen atoms in total. The van der Waals surface area contributed by atoms with Gasteiger partial charge in [-0.3, -0.25) is 4.72 Å². The minimum absolute atomic E-state index is 0.158. The zero-order chi connectivity index (χ0) is 15.5. The Morgan fingerprint density at radius 2 is 1.95 bits per heavy atom. The Bertz CT molecular complexity index is 748. The van der Waals surface area contributed by atoms with Crippen molar-refractivity contribution < 1.29 is 8.42 Å². The molecule has 1 heterocycles. The smallest absolute Gasteiger partial charge is 0.263 e. The summed E-state index contributed by atoms with van der Waals surface area (Å²) in [6.45, 7) is 3.69. The van der Waals surface area contributed by atoms with Crippen molar-refractivity contribution in [2.24, 2.45) is 0 Å². The molecule has 0 amide bonds. The van der Waals surface area contributed by atoms with Crippen LogP contribution < -0.4 is 4.72 Å². The Balaban J connectivity index is 2.33. The number of rotatable bonds is 5. The average molecular weight is 343 g/mol. The first kappa shape index (κ1) is 16.1. The summed E-state index contributed by atoms with van der Waals surface area (Å²) in [4.78, 5) is 4.42. The number of thioether (sulfide) groups is 1. The number of hydrogen-bond acceptors (Lipinski definition) is 4. The molecule has 0 aliphatic carbocycles. The van der Waals surface area contributed by atoms with Crippen molar-refractivity contribution in [1.82, 2.24) is 4.98 Å². The van der Waals surface area contributed by atoms with Gasteiger partial charge in [-0.1, -0.05) is 30.7 Å². The van der Waals surface area contributed by atoms with Gasteiger partial charge in [0, 0.05) is 5.02 Å². The number of sulfonamides is 1. The minimum atomic E-state index is -3.70. The topological polar surface area (TPSA) is 59.1 Å². The first-order valence-electron chi connectivity index (χ1n) is 6.32. The zero-order valence-electron chi connectivity index (χ0n) is 11.6. The van der Waals surface area contributed by atoms with Gasteiger partial charge in [-0.15, -0.1) is 11.8 Å². The summed E-state index contributed by atoms with van der Waals surface area (Å²) < 4.78 is 27.3. The van der Waals surface area contributed by atoms with E-state index in [1.165, 1.54) is 6.07 Å². The van der Waals surface area contributed by atoms with Gasteiger partial charge in [0.05, 0.1) is 9.92 Å². The van der Waals surface area contributed by atoms with E-state index in [1.807, 2.05) is 13.0 Å². The van der Waals surface area contributed by atoms with Crippen molar-refractivity contribution in [2.75, 3.05) is 10.5 Å². The standard InChI is InChI=1S/C14H15ClN2O2S2/c1-3-20-14-9-5-8-13(16-14)17-21(18,19)12-7-4-6-11(15)10(12)2/h4-9H,3H2,1-2H3,(H,16,17). The maximum Gasteiger partial charge on any atom is 0.263 e. The van der Waals surface area contributed by atoms with Gasteiger partial charge in [-0.25, -0.2) is 13.4 Å². The van der Waals surface area contributed by atoms with Crippen molar-refractivity contribution in [2.45, 2.75) is 23.8 Å². The molecule has 0 saturated carbocycles. The van der Waals surface area contributed by atoms with E-state index in [-0.39, 0.29) is 4.90 Å². The van der Waals surface area contributed by atoms with Gasteiger partial charge in [0.1, 0.15) is 5.82 Å². The molecule has 2 rings (SSSR count). The maximum atomic E-state index is 12.4. The second-order valence-electron chi connectivity index (χ2n) is 4.26. The monoisotopic (exact) mass is 342 g/mol. The molecule has 0 aliphatic rings. The molecule has 0 aliphatic heterocycles. The molecule has 1 aromatic carbocycles. The van der Waals surface area contributed by atoms with Crippen LogP contribution >= 0.6 is 23.4 Å². The lowest BCUT2D eigenvalue weighted by Gasteiger charge is -2.11. The summed E-state index contributed by atoms with van der Waals surface area (Å²) in [5.41, 5.74) is 0.519. The molecule has 0 unspecified atom stereocenters. The molecule has 0 saturated heterocycles. The number of halogens is 1. The largest absolute Gasteiger partial charge is 0.263 e. The Kier molecular flexibility index (Phi) is 5.13. The van der Waals surface area contributed by atoms with E-state index in [4.69, 9.17) is 11.6 Å². The van der Waals surface area contributed by atoms with Crippen LogP contribution in [0.15, 0.2) is 46.3 Å². The fourth-order valence-electron chi connectivity index (χ4n) is 1.77. The van der Waals surface area contributed by atoms with Crippen molar-refractivity contribution in [3.05, 3.63) is 47.0 Å². The van der Waals surface area contributed by atoms with E-state index >= 15 is 0 Å². The number of anilines is 1. The number of pyridine rings is 1. The van der Waals surface area contributed by atoms with Crippen LogP contribution in [-0.4, -0.2) is 19.2 Å². The fraction of sp³-hybridized carbons (Fsp3) is 0.214. The summed E-state index contributed by atoms with van der Waals surface area (Å²) in [7, 11) is -3.70. The zero-order valence-corrected chi connectivity index (χ0v) is 14.0. The van der Waals surface area contributed by atoms with Crippen LogP contribution in [0.4, 0.5) is 5.82 Å². The molecule has 0 atom stereocenters. The van der Waals surface area contributed by atoms with Gasteiger partial charge in [0.15, 0.2) is 0 Å². The highest BCUT2D eigenvalue weighted by Crippen LogP contribution is 2.25. The predicted molar refractivity (Wildman–Crippen MR) is 87.6 cm³/mol. The highest BCUT2D eigenvalue weighted by atomic mass is 35.5. The lowest BCUT2D eigenvalue weighted by molar-refractivity contribution is 0.600. The first-order valence-corrected chi connectivity index (χ1v) is 9.16. The molecule has 112 valence electrons. The molecule has 1 aromatic heterocycles. The lowest BCUT2D eigenvalue weighted by atomic mass is 10.2.